The molecule has 0 radical (unpaired) electrons. The van der Waals surface area contributed by atoms with Crippen molar-refractivity contribution in [1.29, 1.82) is 0 Å². The quantitative estimate of drug-likeness (QED) is 0.709. The molecule has 0 aliphatic heterocycles. The van der Waals surface area contributed by atoms with E-state index in [1.165, 1.54) is 4.90 Å². The van der Waals surface area contributed by atoms with E-state index < -0.39 is 0 Å². The molecule has 0 aliphatic carbocycles. The van der Waals surface area contributed by atoms with E-state index in [4.69, 9.17) is 4.52 Å². The Morgan fingerprint density at radius 3 is 2.87 bits per heavy atom. The molecule has 2 heterocycles. The van der Waals surface area contributed by atoms with E-state index >= 15 is 0 Å². The van der Waals surface area contributed by atoms with Crippen molar-refractivity contribution in [1.82, 2.24) is 30.0 Å². The first-order valence-electron chi connectivity index (χ1n) is 7.21. The number of hydrogen-bond donors (Lipinski definition) is 0. The molecule has 0 aliphatic rings. The van der Waals surface area contributed by atoms with Crippen molar-refractivity contribution in [2.45, 2.75) is 19.9 Å². The Hall–Kier alpha value is -3.03. The second-order valence-electron chi connectivity index (χ2n) is 4.98. The van der Waals surface area contributed by atoms with Crippen molar-refractivity contribution in [3.8, 4) is 5.69 Å². The van der Waals surface area contributed by atoms with E-state index in [-0.39, 0.29) is 12.5 Å². The van der Waals surface area contributed by atoms with Crippen LogP contribution in [-0.2, 0) is 13.0 Å². The monoisotopic (exact) mass is 312 g/mol. The molecular weight excluding hydrogens is 296 g/mol. The second-order valence-corrected chi connectivity index (χ2v) is 4.98. The van der Waals surface area contributed by atoms with Gasteiger partial charge in [-0.1, -0.05) is 29.4 Å². The minimum atomic E-state index is -0.160. The molecule has 0 atom stereocenters. The van der Waals surface area contributed by atoms with Gasteiger partial charge in [0.25, 0.3) is 5.91 Å². The topological polar surface area (TPSA) is 89.9 Å². The number of para-hydroxylation sites is 1. The van der Waals surface area contributed by atoms with Crippen LogP contribution in [0.5, 0.6) is 0 Å². The van der Waals surface area contributed by atoms with Crippen LogP contribution in [-0.4, -0.2) is 43.0 Å². The van der Waals surface area contributed by atoms with Crippen LogP contribution in [0.3, 0.4) is 0 Å². The Morgan fingerprint density at radius 1 is 1.35 bits per heavy atom. The normalized spacial score (nSPS) is 10.7. The number of aromatic nitrogens is 5. The molecule has 3 aromatic rings. The Kier molecular flexibility index (Phi) is 4.13. The maximum atomic E-state index is 12.7. The molecule has 8 nitrogen and oxygen atoms in total. The van der Waals surface area contributed by atoms with Gasteiger partial charge >= 0.3 is 0 Å². The highest BCUT2D eigenvalue weighted by Crippen LogP contribution is 2.16. The Labute approximate surface area is 132 Å². The van der Waals surface area contributed by atoms with Gasteiger partial charge in [0.05, 0.1) is 30.2 Å². The van der Waals surface area contributed by atoms with Gasteiger partial charge < -0.3 is 9.42 Å². The van der Waals surface area contributed by atoms with Crippen molar-refractivity contribution in [3.05, 3.63) is 53.9 Å². The van der Waals surface area contributed by atoms with Crippen LogP contribution in [0.25, 0.3) is 5.69 Å². The average Bonchev–Trinajstić information content (AvgIpc) is 3.25. The summed E-state index contributed by atoms with van der Waals surface area (Å²) in [6.45, 7) is 2.19. The van der Waals surface area contributed by atoms with Crippen LogP contribution in [0, 0.1) is 0 Å². The highest BCUT2D eigenvalue weighted by Gasteiger charge is 2.19. The van der Waals surface area contributed by atoms with Gasteiger partial charge in [0, 0.05) is 13.5 Å². The summed E-state index contributed by atoms with van der Waals surface area (Å²) in [5.74, 6) is 0.882. The van der Waals surface area contributed by atoms with Gasteiger partial charge in [-0.3, -0.25) is 4.79 Å². The van der Waals surface area contributed by atoms with Gasteiger partial charge in [-0.2, -0.15) is 4.98 Å². The number of rotatable bonds is 5. The van der Waals surface area contributed by atoms with Gasteiger partial charge in [-0.25, -0.2) is 4.68 Å². The molecule has 23 heavy (non-hydrogen) atoms. The summed E-state index contributed by atoms with van der Waals surface area (Å²) >= 11 is 0. The summed E-state index contributed by atoms with van der Waals surface area (Å²) in [5, 5.41) is 11.6. The minimum absolute atomic E-state index is 0.160. The molecule has 0 bridgehead atoms. The molecule has 0 fully saturated rings. The number of hydrogen-bond acceptors (Lipinski definition) is 6. The molecule has 1 aromatic carbocycles. The summed E-state index contributed by atoms with van der Waals surface area (Å²) in [6.07, 6.45) is 3.95. The number of carbonyl (C=O) groups is 1. The molecule has 3 rings (SSSR count). The Bertz CT molecular complexity index is 796. The summed E-state index contributed by atoms with van der Waals surface area (Å²) < 4.78 is 6.69. The predicted octanol–water partition coefficient (Wildman–Crippen LogP) is 1.48. The minimum Gasteiger partial charge on any atom is -0.337 e. The molecule has 0 N–H and O–H groups in total. The van der Waals surface area contributed by atoms with Gasteiger partial charge in [-0.15, -0.1) is 5.10 Å². The van der Waals surface area contributed by atoms with Crippen molar-refractivity contribution < 1.29 is 9.32 Å². The smallest absolute Gasteiger partial charge is 0.256 e. The Balaban J connectivity index is 1.82. The molecule has 0 unspecified atom stereocenters. The van der Waals surface area contributed by atoms with E-state index in [0.29, 0.717) is 29.4 Å². The summed E-state index contributed by atoms with van der Waals surface area (Å²) in [4.78, 5) is 18.5. The molecular formula is C15H16N6O2. The third-order valence-corrected chi connectivity index (χ3v) is 3.35. The lowest BCUT2D eigenvalue weighted by molar-refractivity contribution is 0.0769. The lowest BCUT2D eigenvalue weighted by Gasteiger charge is -2.16. The van der Waals surface area contributed by atoms with E-state index in [9.17, 15) is 4.79 Å². The average molecular weight is 312 g/mol. The van der Waals surface area contributed by atoms with Crippen LogP contribution >= 0.6 is 0 Å². The van der Waals surface area contributed by atoms with Crippen molar-refractivity contribution in [2.75, 3.05) is 7.05 Å². The van der Waals surface area contributed by atoms with E-state index in [1.807, 2.05) is 25.1 Å². The molecule has 2 aromatic heterocycles. The summed E-state index contributed by atoms with van der Waals surface area (Å²) in [7, 11) is 1.69. The zero-order chi connectivity index (χ0) is 16.2. The van der Waals surface area contributed by atoms with Gasteiger partial charge in [0.15, 0.2) is 5.82 Å². The highest BCUT2D eigenvalue weighted by atomic mass is 16.5. The van der Waals surface area contributed by atoms with Crippen LogP contribution in [0.1, 0.15) is 29.0 Å². The predicted molar refractivity (Wildman–Crippen MR) is 80.8 cm³/mol. The van der Waals surface area contributed by atoms with Crippen molar-refractivity contribution >= 4 is 5.91 Å². The maximum Gasteiger partial charge on any atom is 0.256 e. The van der Waals surface area contributed by atoms with Crippen LogP contribution < -0.4 is 0 Å². The zero-order valence-electron chi connectivity index (χ0n) is 12.9. The van der Waals surface area contributed by atoms with Gasteiger partial charge in [0.2, 0.25) is 5.89 Å². The third-order valence-electron chi connectivity index (χ3n) is 3.35. The van der Waals surface area contributed by atoms with Crippen molar-refractivity contribution in [2.24, 2.45) is 0 Å². The standard InChI is InChI=1S/C15H16N6O2/c1-3-13-17-14(23-18-13)10-20(2)15(22)11-6-4-5-7-12(11)21-9-8-16-19-21/h4-9H,3,10H2,1-2H3. The lowest BCUT2D eigenvalue weighted by Crippen LogP contribution is -2.27. The lowest BCUT2D eigenvalue weighted by atomic mass is 10.1. The van der Waals surface area contributed by atoms with Crippen molar-refractivity contribution in [3.63, 3.8) is 0 Å². The molecule has 1 amide bonds. The van der Waals surface area contributed by atoms with Gasteiger partial charge in [-0.05, 0) is 12.1 Å². The summed E-state index contributed by atoms with van der Waals surface area (Å²) in [5.41, 5.74) is 1.19. The van der Waals surface area contributed by atoms with Gasteiger partial charge in [0.1, 0.15) is 0 Å². The number of aryl methyl sites for hydroxylation is 1. The molecule has 8 heteroatoms. The van der Waals surface area contributed by atoms with E-state index in [2.05, 4.69) is 20.5 Å². The van der Waals surface area contributed by atoms with E-state index in [0.717, 1.165) is 0 Å². The number of nitrogens with zero attached hydrogens (tertiary/aromatic N) is 6. The molecule has 0 spiro atoms. The third kappa shape index (κ3) is 3.10. The highest BCUT2D eigenvalue weighted by molar-refractivity contribution is 5.97. The van der Waals surface area contributed by atoms with Crippen LogP contribution in [0.15, 0.2) is 41.2 Å². The first-order chi connectivity index (χ1) is 11.2. The molecule has 0 saturated heterocycles. The molecule has 118 valence electrons. The fourth-order valence-corrected chi connectivity index (χ4v) is 2.17. The van der Waals surface area contributed by atoms with Crippen LogP contribution in [0.2, 0.25) is 0 Å². The first-order valence-corrected chi connectivity index (χ1v) is 7.21. The number of benzene rings is 1. The first kappa shape index (κ1) is 14.9. The van der Waals surface area contributed by atoms with E-state index in [1.54, 1.807) is 30.2 Å². The maximum absolute atomic E-state index is 12.7. The summed E-state index contributed by atoms with van der Waals surface area (Å²) in [6, 6.07) is 7.22. The van der Waals surface area contributed by atoms with Crippen LogP contribution in [0.4, 0.5) is 0 Å². The Morgan fingerprint density at radius 2 is 2.17 bits per heavy atom. The fraction of sp³-hybridized carbons (Fsp3) is 0.267. The largest absolute Gasteiger partial charge is 0.337 e. The number of carbonyl (C=O) groups excluding carboxylic acids is 1. The fourth-order valence-electron chi connectivity index (χ4n) is 2.17. The zero-order valence-corrected chi connectivity index (χ0v) is 12.9. The SMILES string of the molecule is CCc1noc(CN(C)C(=O)c2ccccc2-n2ccnn2)n1. The number of amides is 1. The second kappa shape index (κ2) is 6.39. The molecule has 0 saturated carbocycles.